The molecule has 0 aromatic carbocycles. The molecule has 1 heterocycles. The molecule has 0 bridgehead atoms. The van der Waals surface area contributed by atoms with Gasteiger partial charge >= 0.3 is 94.4 Å². The zero-order valence-corrected chi connectivity index (χ0v) is 8.35. The Labute approximate surface area is 94.5 Å². The quantitative estimate of drug-likeness (QED) is 0.606. The van der Waals surface area contributed by atoms with Crippen molar-refractivity contribution in [2.75, 3.05) is 0 Å². The van der Waals surface area contributed by atoms with E-state index in [1.807, 2.05) is 0 Å². The molecule has 1 rings (SSSR count). The van der Waals surface area contributed by atoms with Gasteiger partial charge in [-0.2, -0.15) is 0 Å². The Bertz CT molecular complexity index is 236. The maximum atomic E-state index is 2.25. The summed E-state index contributed by atoms with van der Waals surface area (Å²) in [6.45, 7) is 8.95. The summed E-state index contributed by atoms with van der Waals surface area (Å²) in [6, 6.07) is 2.25. The molecule has 0 radical (unpaired) electrons. The summed E-state index contributed by atoms with van der Waals surface area (Å²) in [4.78, 5) is 0. The van der Waals surface area contributed by atoms with Crippen LogP contribution in [0.3, 0.4) is 0 Å². The molecule has 1 aromatic rings. The molecule has 66 valence electrons. The molecule has 0 saturated heterocycles. The van der Waals surface area contributed by atoms with Gasteiger partial charge in [0.25, 0.3) is 0 Å². The van der Waals surface area contributed by atoms with Gasteiger partial charge in [-0.1, -0.05) is 0 Å². The predicted molar refractivity (Wildman–Crippen MR) is 63.1 cm³/mol. The van der Waals surface area contributed by atoms with E-state index in [1.165, 1.54) is 17.4 Å². The minimum atomic E-state index is 0. The summed E-state index contributed by atoms with van der Waals surface area (Å²) in [7, 11) is 0. The molecule has 0 aliphatic carbocycles. The molecule has 1 aromatic heterocycles. The zero-order valence-electron chi connectivity index (χ0n) is 8.35. The summed E-state index contributed by atoms with van der Waals surface area (Å²) in [6.07, 6.45) is 3.50. The van der Waals surface area contributed by atoms with E-state index in [1.54, 1.807) is 5.56 Å². The predicted octanol–water partition coefficient (Wildman–Crippen LogP) is 2.06. The molecule has 2 heteroatoms. The van der Waals surface area contributed by atoms with Crippen LogP contribution in [-0.4, -0.2) is 25.8 Å². The van der Waals surface area contributed by atoms with Gasteiger partial charge in [-0.3, -0.25) is 0 Å². The van der Waals surface area contributed by atoms with Crippen molar-refractivity contribution in [3.63, 3.8) is 0 Å². The van der Waals surface area contributed by atoms with E-state index in [0.717, 1.165) is 12.8 Å². The summed E-state index contributed by atoms with van der Waals surface area (Å²) >= 11 is 0. The van der Waals surface area contributed by atoms with Crippen LogP contribution < -0.4 is 0 Å². The first kappa shape index (κ1) is 13.0. The van der Waals surface area contributed by atoms with Gasteiger partial charge in [0.2, 0.25) is 0 Å². The third-order valence-electron chi connectivity index (χ3n) is 2.49. The summed E-state index contributed by atoms with van der Waals surface area (Å²) in [5.74, 6) is 2.18. The normalized spacial score (nSPS) is 9.15. The Kier molecular flexibility index (Phi) is 6.47. The monoisotopic (exact) mass is 168 g/mol. The Morgan fingerprint density at radius 1 is 1.08 bits per heavy atom. The molecule has 0 unspecified atom stereocenters. The molecule has 13 heavy (non-hydrogen) atoms. The molecule has 0 aliphatic heterocycles. The first-order chi connectivity index (χ1) is 5.83. The van der Waals surface area contributed by atoms with Crippen LogP contribution in [-0.2, 0) is 19.3 Å². The molecule has 0 atom stereocenters. The van der Waals surface area contributed by atoms with Gasteiger partial charge < -0.3 is 0 Å². The van der Waals surface area contributed by atoms with Crippen molar-refractivity contribution in [1.29, 1.82) is 0 Å². The van der Waals surface area contributed by atoms with Gasteiger partial charge in [-0.15, -0.1) is 0 Å². The van der Waals surface area contributed by atoms with E-state index >= 15 is 0 Å². The molecule has 0 nitrogen and oxygen atoms in total. The van der Waals surface area contributed by atoms with Gasteiger partial charge in [0.15, 0.2) is 0 Å². The average molecular weight is 168 g/mol. The van der Waals surface area contributed by atoms with E-state index in [9.17, 15) is 0 Å². The maximum absolute atomic E-state index is 2.25. The second-order valence-corrected chi connectivity index (χ2v) is 3.12. The minimum absolute atomic E-state index is 0. The van der Waals surface area contributed by atoms with E-state index < -0.39 is 0 Å². The van der Waals surface area contributed by atoms with E-state index in [0.29, 0.717) is 0 Å². The third kappa shape index (κ3) is 3.01. The van der Waals surface area contributed by atoms with Crippen LogP contribution >= 0.6 is 0 Å². The summed E-state index contributed by atoms with van der Waals surface area (Å²) in [5.41, 5.74) is 4.62. The fourth-order valence-corrected chi connectivity index (χ4v) is 1.80. The van der Waals surface area contributed by atoms with Gasteiger partial charge in [-0.25, -0.2) is 0 Å². The van der Waals surface area contributed by atoms with E-state index in [-0.39, 0.29) is 18.9 Å². The number of hydrogen-bond donors (Lipinski definition) is 0. The van der Waals surface area contributed by atoms with Crippen LogP contribution in [0.2, 0.25) is 0 Å². The van der Waals surface area contributed by atoms with Crippen molar-refractivity contribution in [3.05, 3.63) is 28.6 Å². The van der Waals surface area contributed by atoms with Gasteiger partial charge in [-0.05, 0) is 0 Å². The first-order valence-electron chi connectivity index (χ1n) is 4.93. The molecule has 0 aliphatic rings. The van der Waals surface area contributed by atoms with Crippen molar-refractivity contribution in [3.8, 4) is 0 Å². The standard InChI is InChI=1S/C11H17B.Li.H/c1-4-9-7-8-12-11(6-3)10(9)5-2;;/h7-8H,4-6H2,1-3H3;;. The van der Waals surface area contributed by atoms with Gasteiger partial charge in [0.05, 0.1) is 0 Å². The SMILES string of the molecule is CCc1bccc(CC)c1CC.[LiH]. The van der Waals surface area contributed by atoms with Crippen LogP contribution in [0.1, 0.15) is 37.4 Å². The van der Waals surface area contributed by atoms with Crippen LogP contribution in [0.15, 0.2) is 12.0 Å². The fourth-order valence-electron chi connectivity index (χ4n) is 1.80. The first-order valence-corrected chi connectivity index (χ1v) is 4.93. The molecule has 0 saturated carbocycles. The topological polar surface area (TPSA) is 0 Å². The summed E-state index contributed by atoms with van der Waals surface area (Å²) in [5, 5.41) is 0. The molecule has 0 spiro atoms. The molecular weight excluding hydrogens is 150 g/mol. The van der Waals surface area contributed by atoms with E-state index in [4.69, 9.17) is 0 Å². The molecule has 0 amide bonds. The number of hydrogen-bond acceptors (Lipinski definition) is 0. The number of aryl methyl sites for hydroxylation is 2. The Hall–Kier alpha value is 0.0123. The second kappa shape index (κ2) is 6.46. The van der Waals surface area contributed by atoms with Crippen LogP contribution in [0, 0.1) is 0 Å². The van der Waals surface area contributed by atoms with Crippen LogP contribution in [0.5, 0.6) is 0 Å². The van der Waals surface area contributed by atoms with Gasteiger partial charge in [0.1, 0.15) is 0 Å². The third-order valence-corrected chi connectivity index (χ3v) is 2.49. The van der Waals surface area contributed by atoms with Crippen molar-refractivity contribution < 1.29 is 0 Å². The second-order valence-electron chi connectivity index (χ2n) is 3.12. The Morgan fingerprint density at radius 3 is 2.23 bits per heavy atom. The van der Waals surface area contributed by atoms with E-state index in [2.05, 4.69) is 39.7 Å². The van der Waals surface area contributed by atoms with Gasteiger partial charge in [0, 0.05) is 0 Å². The fraction of sp³-hybridized carbons (Fsp3) is 0.545. The van der Waals surface area contributed by atoms with Crippen molar-refractivity contribution in [2.24, 2.45) is 0 Å². The van der Waals surface area contributed by atoms with Crippen molar-refractivity contribution in [1.82, 2.24) is 0 Å². The average Bonchev–Trinajstić information content (AvgIpc) is 2.16. The van der Waals surface area contributed by atoms with Crippen LogP contribution in [0.4, 0.5) is 0 Å². The van der Waals surface area contributed by atoms with Crippen molar-refractivity contribution >= 4 is 25.8 Å². The Balaban J connectivity index is 0.00000144. The van der Waals surface area contributed by atoms with Crippen molar-refractivity contribution in [2.45, 2.75) is 40.0 Å². The summed E-state index contributed by atoms with van der Waals surface area (Å²) < 4.78 is 0. The zero-order chi connectivity index (χ0) is 8.97. The molecular formula is C11H18BLi. The molecule has 0 N–H and O–H groups in total. The van der Waals surface area contributed by atoms with Crippen LogP contribution in [0.25, 0.3) is 0 Å². The number of rotatable bonds is 3. The Morgan fingerprint density at radius 2 is 1.77 bits per heavy atom. The molecule has 0 fully saturated rings.